The van der Waals surface area contributed by atoms with Gasteiger partial charge in [-0.3, -0.25) is 4.79 Å². The molecule has 0 aromatic carbocycles. The Morgan fingerprint density at radius 3 is 2.78 bits per heavy atom. The zero-order valence-corrected chi connectivity index (χ0v) is 11.4. The summed E-state index contributed by atoms with van der Waals surface area (Å²) in [5, 5.41) is 6.26. The van der Waals surface area contributed by atoms with Crippen LogP contribution < -0.4 is 10.6 Å². The summed E-state index contributed by atoms with van der Waals surface area (Å²) >= 11 is 0. The number of hydrogen-bond acceptors (Lipinski definition) is 4. The van der Waals surface area contributed by atoms with Crippen molar-refractivity contribution >= 4 is 5.91 Å². The smallest absolute Gasteiger partial charge is 0.220 e. The van der Waals surface area contributed by atoms with Gasteiger partial charge in [-0.1, -0.05) is 0 Å². The lowest BCUT2D eigenvalue weighted by atomic mass is 9.94. The molecular weight excluding hydrogens is 232 g/mol. The highest BCUT2D eigenvalue weighted by atomic mass is 16.5. The molecule has 18 heavy (non-hydrogen) atoms. The Hall–Kier alpha value is -0.650. The number of carbonyl (C=O) groups is 1. The fourth-order valence-corrected chi connectivity index (χ4v) is 2.07. The Bertz CT molecular complexity index is 218. The molecule has 2 N–H and O–H groups in total. The molecule has 0 spiro atoms. The molecule has 0 aromatic heterocycles. The van der Waals surface area contributed by atoms with Gasteiger partial charge in [0, 0.05) is 26.7 Å². The first-order chi connectivity index (χ1) is 8.83. The Balaban J connectivity index is 1.90. The van der Waals surface area contributed by atoms with E-state index in [0.717, 1.165) is 32.4 Å². The minimum atomic E-state index is 0.179. The van der Waals surface area contributed by atoms with Crippen molar-refractivity contribution in [3.05, 3.63) is 0 Å². The van der Waals surface area contributed by atoms with Gasteiger partial charge in [-0.15, -0.1) is 0 Å². The second-order valence-corrected chi connectivity index (χ2v) is 4.71. The SMILES string of the molecule is COCCOCCCNC(=O)CC1CCNCC1. The van der Waals surface area contributed by atoms with Crippen molar-refractivity contribution < 1.29 is 14.3 Å². The normalized spacial score (nSPS) is 16.7. The van der Waals surface area contributed by atoms with E-state index >= 15 is 0 Å². The molecule has 0 bridgehead atoms. The largest absolute Gasteiger partial charge is 0.382 e. The second kappa shape index (κ2) is 10.3. The van der Waals surface area contributed by atoms with Crippen molar-refractivity contribution in [3.8, 4) is 0 Å². The lowest BCUT2D eigenvalue weighted by molar-refractivity contribution is -0.122. The summed E-state index contributed by atoms with van der Waals surface area (Å²) in [6.07, 6.45) is 3.77. The lowest BCUT2D eigenvalue weighted by Crippen LogP contribution is -2.32. The molecule has 106 valence electrons. The standard InChI is InChI=1S/C13H26N2O3/c1-17-9-10-18-8-2-5-15-13(16)11-12-3-6-14-7-4-12/h12,14H,2-11H2,1H3,(H,15,16). The molecule has 0 aromatic rings. The van der Waals surface area contributed by atoms with E-state index in [2.05, 4.69) is 10.6 Å². The van der Waals surface area contributed by atoms with Crippen molar-refractivity contribution in [1.29, 1.82) is 0 Å². The predicted octanol–water partition coefficient (Wildman–Crippen LogP) is 0.545. The summed E-state index contributed by atoms with van der Waals surface area (Å²) in [6, 6.07) is 0. The molecule has 1 heterocycles. The third-order valence-electron chi connectivity index (χ3n) is 3.15. The average molecular weight is 258 g/mol. The molecule has 0 aliphatic carbocycles. The number of nitrogens with one attached hydrogen (secondary N) is 2. The van der Waals surface area contributed by atoms with Gasteiger partial charge in [0.05, 0.1) is 13.2 Å². The monoisotopic (exact) mass is 258 g/mol. The Labute approximate surface area is 110 Å². The molecule has 5 heteroatoms. The molecule has 1 amide bonds. The zero-order chi connectivity index (χ0) is 13.1. The van der Waals surface area contributed by atoms with Gasteiger partial charge in [0.1, 0.15) is 0 Å². The van der Waals surface area contributed by atoms with Crippen molar-refractivity contribution in [2.75, 3.05) is 46.6 Å². The quantitative estimate of drug-likeness (QED) is 0.593. The number of rotatable bonds is 9. The lowest BCUT2D eigenvalue weighted by Gasteiger charge is -2.21. The molecule has 0 atom stereocenters. The molecule has 1 saturated heterocycles. The van der Waals surface area contributed by atoms with Crippen molar-refractivity contribution in [3.63, 3.8) is 0 Å². The Kier molecular flexibility index (Phi) is 8.81. The first-order valence-electron chi connectivity index (χ1n) is 6.87. The van der Waals surface area contributed by atoms with Crippen molar-refractivity contribution in [1.82, 2.24) is 10.6 Å². The van der Waals surface area contributed by atoms with Crippen LogP contribution in [0.4, 0.5) is 0 Å². The van der Waals surface area contributed by atoms with E-state index in [4.69, 9.17) is 9.47 Å². The summed E-state index contributed by atoms with van der Waals surface area (Å²) in [4.78, 5) is 11.7. The maximum atomic E-state index is 11.7. The number of piperidine rings is 1. The molecule has 5 nitrogen and oxygen atoms in total. The van der Waals surface area contributed by atoms with Crippen LogP contribution in [0.15, 0.2) is 0 Å². The van der Waals surface area contributed by atoms with Gasteiger partial charge in [-0.25, -0.2) is 0 Å². The van der Waals surface area contributed by atoms with E-state index in [-0.39, 0.29) is 5.91 Å². The fourth-order valence-electron chi connectivity index (χ4n) is 2.07. The Morgan fingerprint density at radius 1 is 1.28 bits per heavy atom. The third-order valence-corrected chi connectivity index (χ3v) is 3.15. The summed E-state index contributed by atoms with van der Waals surface area (Å²) in [5.41, 5.74) is 0. The molecule has 0 unspecified atom stereocenters. The number of hydrogen-bond donors (Lipinski definition) is 2. The Morgan fingerprint density at radius 2 is 2.06 bits per heavy atom. The van der Waals surface area contributed by atoms with Gasteiger partial charge in [-0.05, 0) is 38.3 Å². The van der Waals surface area contributed by atoms with Crippen LogP contribution >= 0.6 is 0 Å². The zero-order valence-electron chi connectivity index (χ0n) is 11.4. The fraction of sp³-hybridized carbons (Fsp3) is 0.923. The third kappa shape index (κ3) is 7.63. The molecule has 1 aliphatic heterocycles. The first kappa shape index (κ1) is 15.4. The summed E-state index contributed by atoms with van der Waals surface area (Å²) in [6.45, 7) is 4.73. The van der Waals surface area contributed by atoms with Gasteiger partial charge in [0.2, 0.25) is 5.91 Å². The molecule has 1 rings (SSSR count). The average Bonchev–Trinajstić information content (AvgIpc) is 2.39. The van der Waals surface area contributed by atoms with E-state index in [9.17, 15) is 4.79 Å². The van der Waals surface area contributed by atoms with Crippen LogP contribution in [-0.2, 0) is 14.3 Å². The van der Waals surface area contributed by atoms with Crippen LogP contribution in [0.1, 0.15) is 25.7 Å². The summed E-state index contributed by atoms with van der Waals surface area (Å²) < 4.78 is 10.2. The van der Waals surface area contributed by atoms with Crippen LogP contribution in [0.2, 0.25) is 0 Å². The van der Waals surface area contributed by atoms with Gasteiger partial charge < -0.3 is 20.1 Å². The topological polar surface area (TPSA) is 59.6 Å². The highest BCUT2D eigenvalue weighted by Gasteiger charge is 2.16. The molecule has 0 saturated carbocycles. The van der Waals surface area contributed by atoms with Gasteiger partial charge in [-0.2, -0.15) is 0 Å². The molecule has 1 aliphatic rings. The van der Waals surface area contributed by atoms with E-state index in [0.29, 0.717) is 38.7 Å². The van der Waals surface area contributed by atoms with E-state index in [1.54, 1.807) is 7.11 Å². The highest BCUT2D eigenvalue weighted by molar-refractivity contribution is 5.76. The second-order valence-electron chi connectivity index (χ2n) is 4.71. The molecule has 0 radical (unpaired) electrons. The predicted molar refractivity (Wildman–Crippen MR) is 70.5 cm³/mol. The van der Waals surface area contributed by atoms with E-state index in [1.165, 1.54) is 0 Å². The van der Waals surface area contributed by atoms with Gasteiger partial charge in [0.25, 0.3) is 0 Å². The van der Waals surface area contributed by atoms with Crippen LogP contribution in [0.5, 0.6) is 0 Å². The van der Waals surface area contributed by atoms with Crippen molar-refractivity contribution in [2.24, 2.45) is 5.92 Å². The molecular formula is C13H26N2O3. The number of methoxy groups -OCH3 is 1. The van der Waals surface area contributed by atoms with E-state index in [1.807, 2.05) is 0 Å². The minimum absolute atomic E-state index is 0.179. The first-order valence-corrected chi connectivity index (χ1v) is 6.87. The maximum absolute atomic E-state index is 11.7. The maximum Gasteiger partial charge on any atom is 0.220 e. The van der Waals surface area contributed by atoms with Gasteiger partial charge in [0.15, 0.2) is 0 Å². The number of ether oxygens (including phenoxy) is 2. The summed E-state index contributed by atoms with van der Waals surface area (Å²) in [7, 11) is 1.66. The minimum Gasteiger partial charge on any atom is -0.382 e. The summed E-state index contributed by atoms with van der Waals surface area (Å²) in [5.74, 6) is 0.739. The highest BCUT2D eigenvalue weighted by Crippen LogP contribution is 2.15. The number of carbonyl (C=O) groups excluding carboxylic acids is 1. The van der Waals surface area contributed by atoms with Crippen LogP contribution in [-0.4, -0.2) is 52.5 Å². The van der Waals surface area contributed by atoms with Gasteiger partial charge >= 0.3 is 0 Å². The van der Waals surface area contributed by atoms with Crippen LogP contribution in [0, 0.1) is 5.92 Å². The van der Waals surface area contributed by atoms with Crippen molar-refractivity contribution in [2.45, 2.75) is 25.7 Å². The molecule has 1 fully saturated rings. The van der Waals surface area contributed by atoms with Crippen LogP contribution in [0.25, 0.3) is 0 Å². The van der Waals surface area contributed by atoms with Crippen LogP contribution in [0.3, 0.4) is 0 Å². The number of amides is 1. The van der Waals surface area contributed by atoms with E-state index < -0.39 is 0 Å².